The van der Waals surface area contributed by atoms with Crippen LogP contribution in [0.5, 0.6) is 0 Å². The summed E-state index contributed by atoms with van der Waals surface area (Å²) in [4.78, 5) is 0. The van der Waals surface area contributed by atoms with E-state index in [1.54, 1.807) is 0 Å². The minimum atomic E-state index is 0.537. The first-order valence-corrected chi connectivity index (χ1v) is 10.9. The molecule has 1 aromatic heterocycles. The maximum atomic E-state index is 3.50. The molecule has 0 nitrogen and oxygen atoms in total. The van der Waals surface area contributed by atoms with Gasteiger partial charge in [0, 0.05) is 0 Å². The Morgan fingerprint density at radius 2 is 1.78 bits per heavy atom. The summed E-state index contributed by atoms with van der Waals surface area (Å²) < 4.78 is 2.88. The summed E-state index contributed by atoms with van der Waals surface area (Å²) in [6.07, 6.45) is 2.59. The fourth-order valence-corrected chi connectivity index (χ4v) is 6.65. The molecule has 23 heavy (non-hydrogen) atoms. The molecule has 2 heteroatoms. The van der Waals surface area contributed by atoms with Gasteiger partial charge in [0.25, 0.3) is 0 Å². The predicted molar refractivity (Wildman–Crippen MR) is 104 cm³/mol. The van der Waals surface area contributed by atoms with E-state index >= 15 is 0 Å². The first-order valence-electron chi connectivity index (χ1n) is 8.01. The molecule has 0 saturated carbocycles. The predicted octanol–water partition coefficient (Wildman–Crippen LogP) is 5.16. The van der Waals surface area contributed by atoms with E-state index in [4.69, 9.17) is 0 Å². The van der Waals surface area contributed by atoms with Gasteiger partial charge in [0.2, 0.25) is 0 Å². The van der Waals surface area contributed by atoms with E-state index in [1.165, 1.54) is 43.1 Å². The van der Waals surface area contributed by atoms with Crippen LogP contribution >= 0.6 is 11.3 Å². The monoisotopic (exact) mass is 384 g/mol. The standard InChI is InChI=1S/C21H20SSe/c1-3-4-15-23-21-19(18-11-7-8-12-20(18)22-21)14-13-17-10-6-5-9-16(17)2/h5-12H,3-4,15H2,1-2H3. The molecule has 0 aliphatic rings. The number of fused-ring (bicyclic) bond motifs is 1. The molecule has 0 unspecified atom stereocenters. The number of unbranched alkanes of at least 4 members (excludes halogenated alkanes) is 1. The van der Waals surface area contributed by atoms with Crippen molar-refractivity contribution in [1.29, 1.82) is 0 Å². The zero-order valence-corrected chi connectivity index (χ0v) is 16.1. The molecule has 0 N–H and O–H groups in total. The molecule has 0 spiro atoms. The van der Waals surface area contributed by atoms with Crippen LogP contribution in [0, 0.1) is 18.8 Å². The van der Waals surface area contributed by atoms with E-state index in [0.29, 0.717) is 15.0 Å². The number of thiophene rings is 1. The summed E-state index contributed by atoms with van der Waals surface area (Å²) >= 11 is 2.48. The summed E-state index contributed by atoms with van der Waals surface area (Å²) in [5.74, 6) is 6.90. The van der Waals surface area contributed by atoms with Crippen LogP contribution in [0.3, 0.4) is 0 Å². The maximum absolute atomic E-state index is 3.50. The number of aryl methyl sites for hydroxylation is 1. The molecule has 3 aromatic rings. The Morgan fingerprint density at radius 1 is 1.00 bits per heavy atom. The van der Waals surface area contributed by atoms with Gasteiger partial charge in [0.15, 0.2) is 0 Å². The number of hydrogen-bond donors (Lipinski definition) is 0. The second-order valence-corrected chi connectivity index (χ2v) is 9.48. The summed E-state index contributed by atoms with van der Waals surface area (Å²) in [5.41, 5.74) is 3.65. The topological polar surface area (TPSA) is 0 Å². The molecular formula is C21H20SSe. The molecule has 3 rings (SSSR count). The van der Waals surface area contributed by atoms with Gasteiger partial charge in [0.1, 0.15) is 0 Å². The molecule has 2 aromatic carbocycles. The van der Waals surface area contributed by atoms with Crippen LogP contribution in [0.25, 0.3) is 10.1 Å². The van der Waals surface area contributed by atoms with E-state index < -0.39 is 0 Å². The molecule has 116 valence electrons. The molecule has 0 radical (unpaired) electrons. The van der Waals surface area contributed by atoms with Crippen molar-refractivity contribution in [2.75, 3.05) is 0 Å². The summed E-state index contributed by atoms with van der Waals surface area (Å²) in [7, 11) is 0. The third kappa shape index (κ3) is 3.88. The Kier molecular flexibility index (Phi) is 5.57. The van der Waals surface area contributed by atoms with E-state index in [-0.39, 0.29) is 0 Å². The Bertz CT molecular complexity index is 864. The second kappa shape index (κ2) is 7.84. The van der Waals surface area contributed by atoms with Crippen LogP contribution in [0.15, 0.2) is 48.5 Å². The fraction of sp³-hybridized carbons (Fsp3) is 0.238. The van der Waals surface area contributed by atoms with Crippen LogP contribution in [0.1, 0.15) is 36.5 Å². The van der Waals surface area contributed by atoms with Crippen molar-refractivity contribution in [2.45, 2.75) is 32.0 Å². The molecule has 0 atom stereocenters. The van der Waals surface area contributed by atoms with Gasteiger partial charge in [0.05, 0.1) is 0 Å². The molecule has 0 aliphatic heterocycles. The first-order chi connectivity index (χ1) is 11.3. The van der Waals surface area contributed by atoms with Gasteiger partial charge < -0.3 is 0 Å². The van der Waals surface area contributed by atoms with E-state index in [0.717, 1.165) is 5.56 Å². The number of hydrogen-bond acceptors (Lipinski definition) is 1. The average molecular weight is 383 g/mol. The first kappa shape index (κ1) is 16.3. The van der Waals surface area contributed by atoms with Crippen molar-refractivity contribution in [1.82, 2.24) is 0 Å². The van der Waals surface area contributed by atoms with Crippen LogP contribution in [-0.2, 0) is 0 Å². The third-order valence-corrected chi connectivity index (χ3v) is 7.88. The molecule has 1 heterocycles. The Labute approximate surface area is 149 Å². The quantitative estimate of drug-likeness (QED) is 0.332. The normalized spacial score (nSPS) is 10.5. The summed E-state index contributed by atoms with van der Waals surface area (Å²) in [6, 6.07) is 17.1. The molecule has 0 fully saturated rings. The fourth-order valence-electron chi connectivity index (χ4n) is 2.40. The molecule has 0 bridgehead atoms. The van der Waals surface area contributed by atoms with Crippen LogP contribution in [0.2, 0.25) is 5.32 Å². The van der Waals surface area contributed by atoms with E-state index in [9.17, 15) is 0 Å². The summed E-state index contributed by atoms with van der Waals surface area (Å²) in [5, 5.41) is 2.64. The van der Waals surface area contributed by atoms with Crippen molar-refractivity contribution >= 4 is 40.2 Å². The van der Waals surface area contributed by atoms with Gasteiger partial charge in [-0.15, -0.1) is 0 Å². The Balaban J connectivity index is 2.01. The van der Waals surface area contributed by atoms with E-state index in [1.807, 2.05) is 11.3 Å². The Hall–Kier alpha value is -1.52. The second-order valence-electron chi connectivity index (χ2n) is 5.53. The van der Waals surface area contributed by atoms with Crippen molar-refractivity contribution < 1.29 is 0 Å². The number of rotatable bonds is 4. The SMILES string of the molecule is CCCC[Se]c1sc2ccccc2c1C#Cc1ccccc1C. The molecular weight excluding hydrogens is 363 g/mol. The minimum absolute atomic E-state index is 0.537. The van der Waals surface area contributed by atoms with Crippen molar-refractivity contribution in [3.05, 3.63) is 65.2 Å². The van der Waals surface area contributed by atoms with Gasteiger partial charge in [-0.25, -0.2) is 0 Å². The van der Waals surface area contributed by atoms with Crippen LogP contribution in [0.4, 0.5) is 0 Å². The van der Waals surface area contributed by atoms with Gasteiger partial charge >= 0.3 is 149 Å². The molecule has 0 aliphatic carbocycles. The van der Waals surface area contributed by atoms with Crippen LogP contribution < -0.4 is 3.78 Å². The van der Waals surface area contributed by atoms with Gasteiger partial charge in [-0.2, -0.15) is 0 Å². The van der Waals surface area contributed by atoms with Crippen LogP contribution in [-0.4, -0.2) is 15.0 Å². The van der Waals surface area contributed by atoms with Crippen molar-refractivity contribution in [3.63, 3.8) is 0 Å². The van der Waals surface area contributed by atoms with Crippen molar-refractivity contribution in [3.8, 4) is 11.8 Å². The van der Waals surface area contributed by atoms with Gasteiger partial charge in [-0.1, -0.05) is 0 Å². The van der Waals surface area contributed by atoms with Gasteiger partial charge in [-0.3, -0.25) is 0 Å². The van der Waals surface area contributed by atoms with E-state index in [2.05, 4.69) is 74.2 Å². The van der Waals surface area contributed by atoms with Crippen molar-refractivity contribution in [2.24, 2.45) is 0 Å². The molecule has 0 saturated heterocycles. The number of benzene rings is 2. The summed E-state index contributed by atoms with van der Waals surface area (Å²) in [6.45, 7) is 4.39. The van der Waals surface area contributed by atoms with Gasteiger partial charge in [-0.05, 0) is 0 Å². The third-order valence-electron chi connectivity index (χ3n) is 3.76. The zero-order valence-electron chi connectivity index (χ0n) is 13.6. The molecule has 0 amide bonds. The zero-order chi connectivity index (χ0) is 16.1. The average Bonchev–Trinajstić information content (AvgIpc) is 2.92. The Morgan fingerprint density at radius 3 is 2.61 bits per heavy atom.